The van der Waals surface area contributed by atoms with Crippen molar-refractivity contribution in [1.82, 2.24) is 0 Å². The molecule has 1 aliphatic heterocycles. The van der Waals surface area contributed by atoms with Gasteiger partial charge in [-0.25, -0.2) is 47.4 Å². The third kappa shape index (κ3) is 5.96. The van der Waals surface area contributed by atoms with E-state index in [2.05, 4.69) is 0 Å². The first-order valence-electron chi connectivity index (χ1n) is 8.75. The maximum atomic E-state index is 13.4. The Bertz CT molecular complexity index is 1870. The number of halogens is 15. The summed E-state index contributed by atoms with van der Waals surface area (Å²) in [5.74, 6) is 0. The molecule has 0 aromatic rings. The lowest BCUT2D eigenvalue weighted by Crippen LogP contribution is -2.55. The highest BCUT2D eigenvalue weighted by atomic mass is 32.2. The second kappa shape index (κ2) is 10.4. The van der Waals surface area contributed by atoms with Gasteiger partial charge in [-0.3, -0.25) is 0 Å². The molecule has 248 valence electrons. The average Bonchev–Trinajstić information content (AvgIpc) is 2.72. The second-order valence-electron chi connectivity index (χ2n) is 7.20. The van der Waals surface area contributed by atoms with Crippen LogP contribution in [-0.2, 0) is 49.2 Å². The van der Waals surface area contributed by atoms with Gasteiger partial charge in [-0.2, -0.15) is 65.9 Å². The van der Waals surface area contributed by atoms with E-state index in [1.54, 1.807) is 0 Å². The normalized spacial score (nSPS) is 19.5. The van der Waals surface area contributed by atoms with Crippen LogP contribution in [0.3, 0.4) is 0 Å². The number of hydrogen-bond acceptors (Lipinski definition) is 11. The Labute approximate surface area is 231 Å². The van der Waals surface area contributed by atoms with E-state index in [1.165, 1.54) is 0 Å². The summed E-state index contributed by atoms with van der Waals surface area (Å²) in [5.41, 5.74) is -38.0. The van der Waals surface area contributed by atoms with Gasteiger partial charge in [0.2, 0.25) is 9.84 Å². The first-order valence-corrected chi connectivity index (χ1v) is 18.0. The monoisotopic (exact) mass is 779 g/mol. The van der Waals surface area contributed by atoms with Crippen LogP contribution in [0.2, 0.25) is 0 Å². The molecule has 0 aromatic heterocycles. The summed E-state index contributed by atoms with van der Waals surface area (Å²) in [6.45, 7) is 0. The second-order valence-corrected chi connectivity index (χ2v) is 20.2. The van der Waals surface area contributed by atoms with Gasteiger partial charge in [-0.15, -0.1) is 0 Å². The third-order valence-electron chi connectivity index (χ3n) is 4.63. The Kier molecular flexibility index (Phi) is 9.46. The highest BCUT2D eigenvalue weighted by molar-refractivity contribution is 8.06. The van der Waals surface area contributed by atoms with Crippen molar-refractivity contribution in [3.05, 3.63) is 18.5 Å². The van der Waals surface area contributed by atoms with Crippen molar-refractivity contribution in [2.24, 2.45) is 0 Å². The van der Waals surface area contributed by atoms with Crippen LogP contribution < -0.4 is 0 Å². The van der Waals surface area contributed by atoms with E-state index < -0.39 is 113 Å². The van der Waals surface area contributed by atoms with Gasteiger partial charge in [0, 0.05) is 3.77 Å². The lowest BCUT2D eigenvalue weighted by molar-refractivity contribution is -0.0453. The molecule has 0 saturated heterocycles. The van der Waals surface area contributed by atoms with Crippen molar-refractivity contribution in [2.45, 2.75) is 31.7 Å². The molecule has 1 aliphatic rings. The first-order chi connectivity index (χ1) is 18.3. The lowest BCUT2D eigenvalue weighted by atomic mass is 10.5. The number of alkyl halides is 15. The largest absolute Gasteiger partial charge is 0.503 e. The van der Waals surface area contributed by atoms with Crippen LogP contribution in [0.1, 0.15) is 0 Å². The Morgan fingerprint density at radius 3 is 1.05 bits per heavy atom. The molecule has 43 heavy (non-hydrogen) atoms. The molecular weight excluding hydrogens is 778 g/mol. The molecule has 0 aromatic carbocycles. The zero-order chi connectivity index (χ0) is 35.2. The third-order valence-corrected chi connectivity index (χ3v) is 19.0. The van der Waals surface area contributed by atoms with E-state index in [0.29, 0.717) is 0 Å². The molecule has 1 atom stereocenters. The maximum absolute atomic E-state index is 13.4. The molecule has 1 heterocycles. The van der Waals surface area contributed by atoms with Gasteiger partial charge in [0.1, 0.15) is 4.91 Å². The number of rotatable bonds is 5. The maximum Gasteiger partial charge on any atom is 0.503 e. The molecule has 0 aliphatic carbocycles. The Morgan fingerprint density at radius 1 is 0.488 bits per heavy atom. The fourth-order valence-corrected chi connectivity index (χ4v) is 18.4. The van der Waals surface area contributed by atoms with E-state index in [9.17, 15) is 108 Å². The summed E-state index contributed by atoms with van der Waals surface area (Å²) in [7, 11) is -43.2. The fraction of sp³-hybridized carbons (Fsp3) is 0.545. The van der Waals surface area contributed by atoms with Crippen LogP contribution in [0.15, 0.2) is 18.5 Å². The molecule has 0 saturated carbocycles. The van der Waals surface area contributed by atoms with Gasteiger partial charge in [0.05, 0.1) is 13.9 Å². The molecule has 0 spiro atoms. The quantitative estimate of drug-likeness (QED) is 0.293. The van der Waals surface area contributed by atoms with E-state index in [1.807, 2.05) is 0 Å². The topological polar surface area (TPSA) is 194 Å². The predicted octanol–water partition coefficient (Wildman–Crippen LogP) is 2.10. The van der Waals surface area contributed by atoms with E-state index in [-0.39, 0.29) is 4.93 Å². The highest BCUT2D eigenvalue weighted by Crippen LogP contribution is 2.54. The molecule has 0 bridgehead atoms. The Balaban J connectivity index is 5.47. The Morgan fingerprint density at radius 2 is 0.791 bits per heavy atom. The standard InChI is InChI=1S/C10HF15O10S5.CN.Al/c11-6(12,13)36(26,27)1-3(38(30,31)8(17,18)19)5(40(34,35)10(23,24)25)4(39(32,33)9(20,21)22)2-37(28,29)7(14,15)16;1-2;/h1H;;. The summed E-state index contributed by atoms with van der Waals surface area (Å²) in [4.78, 5) is -14.7. The molecular formula is C11HAlF15NO10S5. The molecule has 0 fully saturated rings. The van der Waals surface area contributed by atoms with Crippen LogP contribution in [0, 0.1) is 10.2 Å². The minimum absolute atomic E-state index is 0.273. The highest BCUT2D eigenvalue weighted by Gasteiger charge is 2.73. The average molecular weight is 779 g/mol. The van der Waals surface area contributed by atoms with Crippen LogP contribution >= 0.6 is 0 Å². The molecule has 1 unspecified atom stereocenters. The van der Waals surface area contributed by atoms with Gasteiger partial charge in [-0.05, 0) is 4.93 Å². The van der Waals surface area contributed by atoms with Gasteiger partial charge < -0.3 is 0 Å². The zero-order valence-corrected chi connectivity index (χ0v) is 23.6. The minimum Gasteiger partial charge on any atom is -0.225 e. The van der Waals surface area contributed by atoms with Gasteiger partial charge in [0.25, 0.3) is 39.3 Å². The van der Waals surface area contributed by atoms with Gasteiger partial charge >= 0.3 is 41.7 Å². The zero-order valence-electron chi connectivity index (χ0n) is 18.4. The number of nitriles is 1. The van der Waals surface area contributed by atoms with Crippen molar-refractivity contribution in [2.75, 3.05) is 0 Å². The van der Waals surface area contributed by atoms with Crippen molar-refractivity contribution in [1.29, 1.82) is 5.26 Å². The molecule has 0 N–H and O–H groups in total. The lowest BCUT2D eigenvalue weighted by Gasteiger charge is -2.33. The summed E-state index contributed by atoms with van der Waals surface area (Å²) < 4.78 is 312. The summed E-state index contributed by atoms with van der Waals surface area (Å²) in [6, 6.07) is 0. The van der Waals surface area contributed by atoms with Crippen molar-refractivity contribution in [3.63, 3.8) is 0 Å². The summed E-state index contributed by atoms with van der Waals surface area (Å²) in [5, 5.41) is 9.08. The van der Waals surface area contributed by atoms with Crippen LogP contribution in [-0.4, -0.2) is 87.9 Å². The van der Waals surface area contributed by atoms with Gasteiger partial charge in [-0.1, -0.05) is 0 Å². The molecule has 1 rings (SSSR count). The number of nitrogens with zero attached hydrogens (tertiary/aromatic N) is 1. The van der Waals surface area contributed by atoms with Crippen molar-refractivity contribution < 1.29 is 108 Å². The smallest absolute Gasteiger partial charge is 0.225 e. The van der Waals surface area contributed by atoms with Crippen LogP contribution in [0.4, 0.5) is 65.9 Å². The fourth-order valence-electron chi connectivity index (χ4n) is 2.93. The number of sulfone groups is 5. The summed E-state index contributed by atoms with van der Waals surface area (Å²) >= 11 is -7.29. The summed E-state index contributed by atoms with van der Waals surface area (Å²) in [6.07, 6.45) is 0. The SMILES string of the molecule is N#[C][Al]1[C](S(=O)(=O)C(F)(F)F)=C(S(=O)(=O)C(F)(F)F)C(S(=O)(=O)C(F)(F)F)=C(S(=O)(=O)C(F)(F)F)[CH]1S(=O)(=O)C(F)(F)F. The number of hydrogen-bond donors (Lipinski definition) is 0. The molecule has 0 radical (unpaired) electrons. The first kappa shape index (κ1) is 39.2. The van der Waals surface area contributed by atoms with Crippen molar-refractivity contribution >= 4 is 63.3 Å². The minimum atomic E-state index is -8.88. The molecule has 11 nitrogen and oxygen atoms in total. The van der Waals surface area contributed by atoms with E-state index in [0.717, 1.165) is 0 Å². The van der Waals surface area contributed by atoms with Gasteiger partial charge in [0.15, 0.2) is 0 Å². The van der Waals surface area contributed by atoms with E-state index >= 15 is 0 Å². The van der Waals surface area contributed by atoms with Crippen molar-refractivity contribution in [3.8, 4) is 4.93 Å². The Hall–Kier alpha value is -1.80. The molecule has 0 amide bonds. The predicted molar refractivity (Wildman–Crippen MR) is 104 cm³/mol. The van der Waals surface area contributed by atoms with Crippen LogP contribution in [0.25, 0.3) is 0 Å². The van der Waals surface area contributed by atoms with E-state index in [4.69, 9.17) is 5.26 Å². The molecule has 32 heteroatoms. The van der Waals surface area contributed by atoms with Crippen LogP contribution in [0.5, 0.6) is 0 Å².